The van der Waals surface area contributed by atoms with Crippen LogP contribution in [0.15, 0.2) is 22.7 Å². The third kappa shape index (κ3) is 4.47. The molecule has 1 N–H and O–H groups in total. The summed E-state index contributed by atoms with van der Waals surface area (Å²) in [4.78, 5) is 0. The van der Waals surface area contributed by atoms with Crippen LogP contribution in [0.25, 0.3) is 0 Å². The minimum Gasteiger partial charge on any atom is -0.314 e. The highest BCUT2D eigenvalue weighted by atomic mass is 79.9. The minimum atomic E-state index is 0.658. The molecule has 1 aliphatic carbocycles. The van der Waals surface area contributed by atoms with Gasteiger partial charge in [-0.15, -0.1) is 0 Å². The van der Waals surface area contributed by atoms with E-state index in [1.807, 2.05) is 6.07 Å². The van der Waals surface area contributed by atoms with Gasteiger partial charge in [0.05, 0.1) is 0 Å². The zero-order valence-electron chi connectivity index (χ0n) is 12.5. The van der Waals surface area contributed by atoms with Crippen molar-refractivity contribution in [3.63, 3.8) is 0 Å². The Hall–Kier alpha value is -0.0500. The molecule has 0 radical (unpaired) electrons. The van der Waals surface area contributed by atoms with E-state index >= 15 is 0 Å². The third-order valence-corrected chi connectivity index (χ3v) is 5.24. The first kappa shape index (κ1) is 16.3. The Bertz CT molecular complexity index is 433. The fourth-order valence-electron chi connectivity index (χ4n) is 3.29. The zero-order chi connectivity index (χ0) is 14.5. The SMILES string of the molecule is CCCNC1CCC(C)CC1Cc1ccc(Br)cc1Cl. The predicted molar refractivity (Wildman–Crippen MR) is 91.4 cm³/mol. The molecule has 20 heavy (non-hydrogen) atoms. The lowest BCUT2D eigenvalue weighted by Gasteiger charge is -2.36. The van der Waals surface area contributed by atoms with E-state index in [0.29, 0.717) is 12.0 Å². The lowest BCUT2D eigenvalue weighted by molar-refractivity contribution is 0.212. The van der Waals surface area contributed by atoms with Gasteiger partial charge >= 0.3 is 0 Å². The number of rotatable bonds is 5. The van der Waals surface area contributed by atoms with Gasteiger partial charge < -0.3 is 5.32 Å². The van der Waals surface area contributed by atoms with Crippen LogP contribution >= 0.6 is 27.5 Å². The molecule has 0 bridgehead atoms. The molecular formula is C17H25BrClN. The van der Waals surface area contributed by atoms with Crippen molar-refractivity contribution < 1.29 is 0 Å². The molecular weight excluding hydrogens is 334 g/mol. The van der Waals surface area contributed by atoms with E-state index in [-0.39, 0.29) is 0 Å². The third-order valence-electron chi connectivity index (χ3n) is 4.40. The largest absolute Gasteiger partial charge is 0.314 e. The Morgan fingerprint density at radius 1 is 1.35 bits per heavy atom. The first-order valence-corrected chi connectivity index (χ1v) is 8.94. The monoisotopic (exact) mass is 357 g/mol. The van der Waals surface area contributed by atoms with Gasteiger partial charge in [0.15, 0.2) is 0 Å². The predicted octanol–water partition coefficient (Wildman–Crippen LogP) is 5.45. The second-order valence-corrected chi connectivity index (χ2v) is 7.50. The molecule has 3 unspecified atom stereocenters. The van der Waals surface area contributed by atoms with Crippen molar-refractivity contribution in [3.8, 4) is 0 Å². The molecule has 3 atom stereocenters. The normalized spacial score (nSPS) is 26.7. The fraction of sp³-hybridized carbons (Fsp3) is 0.647. The highest BCUT2D eigenvalue weighted by Crippen LogP contribution is 2.33. The van der Waals surface area contributed by atoms with Crippen LogP contribution < -0.4 is 5.32 Å². The first-order valence-electron chi connectivity index (χ1n) is 7.77. The summed E-state index contributed by atoms with van der Waals surface area (Å²) in [6.45, 7) is 5.74. The van der Waals surface area contributed by atoms with Crippen LogP contribution in [0, 0.1) is 11.8 Å². The molecule has 3 heteroatoms. The van der Waals surface area contributed by atoms with Crippen molar-refractivity contribution in [1.82, 2.24) is 5.32 Å². The van der Waals surface area contributed by atoms with Gasteiger partial charge in [-0.2, -0.15) is 0 Å². The molecule has 2 rings (SSSR count). The summed E-state index contributed by atoms with van der Waals surface area (Å²) in [5, 5.41) is 4.64. The van der Waals surface area contributed by atoms with Crippen molar-refractivity contribution >= 4 is 27.5 Å². The number of benzene rings is 1. The number of hydrogen-bond donors (Lipinski definition) is 1. The number of nitrogens with one attached hydrogen (secondary N) is 1. The highest BCUT2D eigenvalue weighted by molar-refractivity contribution is 9.10. The van der Waals surface area contributed by atoms with Crippen molar-refractivity contribution in [1.29, 1.82) is 0 Å². The van der Waals surface area contributed by atoms with Crippen molar-refractivity contribution in [3.05, 3.63) is 33.3 Å². The molecule has 0 aromatic heterocycles. The molecule has 0 saturated heterocycles. The van der Waals surface area contributed by atoms with Gasteiger partial charge in [-0.3, -0.25) is 0 Å². The van der Waals surface area contributed by atoms with Crippen LogP contribution in [0.3, 0.4) is 0 Å². The van der Waals surface area contributed by atoms with Crippen LogP contribution in [0.5, 0.6) is 0 Å². The smallest absolute Gasteiger partial charge is 0.0449 e. The number of halogens is 2. The van der Waals surface area contributed by atoms with Crippen LogP contribution in [0.2, 0.25) is 5.02 Å². The van der Waals surface area contributed by atoms with E-state index in [9.17, 15) is 0 Å². The topological polar surface area (TPSA) is 12.0 Å². The molecule has 0 amide bonds. The van der Waals surface area contributed by atoms with E-state index in [0.717, 1.165) is 28.4 Å². The van der Waals surface area contributed by atoms with Gasteiger partial charge in [0.25, 0.3) is 0 Å². The van der Waals surface area contributed by atoms with Crippen LogP contribution in [0.1, 0.15) is 45.1 Å². The summed E-state index contributed by atoms with van der Waals surface area (Å²) in [6.07, 6.45) is 6.27. The van der Waals surface area contributed by atoms with E-state index in [1.165, 1.54) is 31.2 Å². The van der Waals surface area contributed by atoms with E-state index in [2.05, 4.69) is 47.2 Å². The summed E-state index contributed by atoms with van der Waals surface area (Å²) in [5.74, 6) is 1.55. The van der Waals surface area contributed by atoms with Crippen molar-refractivity contribution in [2.45, 2.75) is 52.0 Å². The summed E-state index contributed by atoms with van der Waals surface area (Å²) in [7, 11) is 0. The van der Waals surface area contributed by atoms with Gasteiger partial charge in [-0.1, -0.05) is 47.4 Å². The molecule has 1 aromatic rings. The van der Waals surface area contributed by atoms with E-state index in [1.54, 1.807) is 0 Å². The molecule has 1 aliphatic rings. The first-order chi connectivity index (χ1) is 9.60. The highest BCUT2D eigenvalue weighted by Gasteiger charge is 2.28. The summed E-state index contributed by atoms with van der Waals surface area (Å²) in [6, 6.07) is 6.94. The second-order valence-electron chi connectivity index (χ2n) is 6.18. The lowest BCUT2D eigenvalue weighted by atomic mass is 9.76. The van der Waals surface area contributed by atoms with Crippen LogP contribution in [0.4, 0.5) is 0 Å². The molecule has 112 valence electrons. The Balaban J connectivity index is 2.06. The van der Waals surface area contributed by atoms with Crippen molar-refractivity contribution in [2.75, 3.05) is 6.54 Å². The number of hydrogen-bond acceptors (Lipinski definition) is 1. The molecule has 1 fully saturated rings. The maximum absolute atomic E-state index is 6.39. The van der Waals surface area contributed by atoms with Gasteiger partial charge in [-0.25, -0.2) is 0 Å². The quantitative estimate of drug-likeness (QED) is 0.738. The van der Waals surface area contributed by atoms with Gasteiger partial charge in [0, 0.05) is 15.5 Å². The lowest BCUT2D eigenvalue weighted by Crippen LogP contribution is -2.41. The Labute approximate surface area is 136 Å². The molecule has 1 aromatic carbocycles. The minimum absolute atomic E-state index is 0.658. The maximum Gasteiger partial charge on any atom is 0.0449 e. The Morgan fingerprint density at radius 3 is 2.85 bits per heavy atom. The van der Waals surface area contributed by atoms with Crippen molar-refractivity contribution in [2.24, 2.45) is 11.8 Å². The van der Waals surface area contributed by atoms with Gasteiger partial charge in [0.1, 0.15) is 0 Å². The molecule has 1 saturated carbocycles. The molecule has 0 spiro atoms. The van der Waals surface area contributed by atoms with Gasteiger partial charge in [-0.05, 0) is 68.2 Å². The average molecular weight is 359 g/mol. The van der Waals surface area contributed by atoms with E-state index < -0.39 is 0 Å². The van der Waals surface area contributed by atoms with Gasteiger partial charge in [0.2, 0.25) is 0 Å². The molecule has 0 aliphatic heterocycles. The average Bonchev–Trinajstić information content (AvgIpc) is 2.41. The Morgan fingerprint density at radius 2 is 2.15 bits per heavy atom. The molecule has 0 heterocycles. The Kier molecular flexibility index (Phi) is 6.38. The maximum atomic E-state index is 6.39. The second kappa shape index (κ2) is 7.82. The van der Waals surface area contributed by atoms with Crippen LogP contribution in [-0.4, -0.2) is 12.6 Å². The summed E-state index contributed by atoms with van der Waals surface area (Å²) < 4.78 is 1.06. The molecule has 1 nitrogen and oxygen atoms in total. The fourth-order valence-corrected chi connectivity index (χ4v) is 4.04. The summed E-state index contributed by atoms with van der Waals surface area (Å²) >= 11 is 9.87. The summed E-state index contributed by atoms with van der Waals surface area (Å²) in [5.41, 5.74) is 1.29. The zero-order valence-corrected chi connectivity index (χ0v) is 14.8. The standard InChI is InChI=1S/C17H25BrClN/c1-3-8-20-17-7-4-12(2)9-14(17)10-13-5-6-15(18)11-16(13)19/h5-6,11-12,14,17,20H,3-4,7-10H2,1-2H3. The van der Waals surface area contributed by atoms with E-state index in [4.69, 9.17) is 11.6 Å². The van der Waals surface area contributed by atoms with Crippen LogP contribution in [-0.2, 0) is 6.42 Å².